The van der Waals surface area contributed by atoms with E-state index in [0.717, 1.165) is 65.7 Å². The van der Waals surface area contributed by atoms with E-state index in [-0.39, 0.29) is 0 Å². The van der Waals surface area contributed by atoms with Gasteiger partial charge in [0.15, 0.2) is 5.82 Å². The van der Waals surface area contributed by atoms with Crippen LogP contribution in [0.25, 0.3) is 98.4 Å². The molecule has 10 rings (SSSR count). The smallest absolute Gasteiger partial charge is 0.160 e. The monoisotopic (exact) mass is 572 g/mol. The Morgan fingerprint density at radius 1 is 0.422 bits per heavy atom. The van der Waals surface area contributed by atoms with E-state index in [1.54, 1.807) is 0 Å². The molecule has 45 heavy (non-hydrogen) atoms. The number of hydrogen-bond acceptors (Lipinski definition) is 3. The van der Waals surface area contributed by atoms with E-state index in [2.05, 4.69) is 133 Å². The zero-order valence-corrected chi connectivity index (χ0v) is 24.2. The number of fused-ring (bicyclic) bond motifs is 13. The van der Waals surface area contributed by atoms with Crippen LogP contribution in [0.3, 0.4) is 0 Å². The van der Waals surface area contributed by atoms with Gasteiger partial charge in [0.25, 0.3) is 0 Å². The first-order valence-corrected chi connectivity index (χ1v) is 15.3. The predicted molar refractivity (Wildman–Crippen MR) is 188 cm³/mol. The van der Waals surface area contributed by atoms with E-state index in [1.807, 2.05) is 12.3 Å². The average Bonchev–Trinajstić information content (AvgIpc) is 3.51. The number of hydrogen-bond donors (Lipinski definition) is 0. The van der Waals surface area contributed by atoms with Crippen molar-refractivity contribution >= 4 is 75.9 Å². The van der Waals surface area contributed by atoms with Crippen molar-refractivity contribution in [2.75, 3.05) is 0 Å². The number of rotatable bonds is 2. The van der Waals surface area contributed by atoms with Crippen LogP contribution in [-0.2, 0) is 0 Å². The molecule has 0 saturated heterocycles. The summed E-state index contributed by atoms with van der Waals surface area (Å²) in [7, 11) is 0. The Hall–Kier alpha value is -6.06. The molecule has 8 aromatic carbocycles. The number of para-hydroxylation sites is 1. The van der Waals surface area contributed by atoms with E-state index >= 15 is 0 Å². The van der Waals surface area contributed by atoms with Crippen molar-refractivity contribution in [1.82, 2.24) is 9.97 Å². The summed E-state index contributed by atoms with van der Waals surface area (Å²) in [5.41, 5.74) is 5.82. The van der Waals surface area contributed by atoms with Crippen molar-refractivity contribution in [1.29, 1.82) is 0 Å². The Morgan fingerprint density at radius 3 is 1.91 bits per heavy atom. The molecule has 3 nitrogen and oxygen atoms in total. The quantitative estimate of drug-likeness (QED) is 0.193. The minimum absolute atomic E-state index is 0.690. The lowest BCUT2D eigenvalue weighted by molar-refractivity contribution is 0.674. The van der Waals surface area contributed by atoms with Crippen LogP contribution in [-0.4, -0.2) is 9.97 Å². The van der Waals surface area contributed by atoms with E-state index in [1.165, 1.54) is 26.9 Å². The van der Waals surface area contributed by atoms with E-state index in [0.29, 0.717) is 5.82 Å². The Balaban J connectivity index is 1.41. The fraction of sp³-hybridized carbons (Fsp3) is 0. The van der Waals surface area contributed by atoms with Gasteiger partial charge in [0.1, 0.15) is 11.2 Å². The SMILES string of the molecule is c1ccc(-c2cccc3c2oc2c3c(-c3ncc4c(ccc5ccccc54)n3)cc3c4ccccc4c4ccccc4c32)cc1. The van der Waals surface area contributed by atoms with Crippen LogP contribution in [0, 0.1) is 0 Å². The maximum Gasteiger partial charge on any atom is 0.160 e. The summed E-state index contributed by atoms with van der Waals surface area (Å²) in [6.07, 6.45) is 1.98. The summed E-state index contributed by atoms with van der Waals surface area (Å²) >= 11 is 0. The van der Waals surface area contributed by atoms with Gasteiger partial charge in [-0.3, -0.25) is 0 Å². The number of benzene rings is 8. The van der Waals surface area contributed by atoms with Crippen molar-refractivity contribution < 1.29 is 4.42 Å². The molecule has 0 amide bonds. The van der Waals surface area contributed by atoms with E-state index in [9.17, 15) is 0 Å². The van der Waals surface area contributed by atoms with Crippen molar-refractivity contribution in [3.8, 4) is 22.5 Å². The summed E-state index contributed by atoms with van der Waals surface area (Å²) in [6, 6.07) is 49.2. The Kier molecular flexibility index (Phi) is 5.00. The van der Waals surface area contributed by atoms with E-state index < -0.39 is 0 Å². The van der Waals surface area contributed by atoms with Crippen molar-refractivity contribution in [3.63, 3.8) is 0 Å². The van der Waals surface area contributed by atoms with Crippen LogP contribution < -0.4 is 0 Å². The van der Waals surface area contributed by atoms with Crippen molar-refractivity contribution in [2.24, 2.45) is 0 Å². The highest BCUT2D eigenvalue weighted by Crippen LogP contribution is 2.47. The fourth-order valence-electron chi connectivity index (χ4n) is 7.28. The number of furan rings is 1. The van der Waals surface area contributed by atoms with Gasteiger partial charge in [0, 0.05) is 38.9 Å². The van der Waals surface area contributed by atoms with Crippen LogP contribution in [0.2, 0.25) is 0 Å². The van der Waals surface area contributed by atoms with Crippen LogP contribution >= 0.6 is 0 Å². The Labute approximate surface area is 258 Å². The molecule has 208 valence electrons. The average molecular weight is 573 g/mol. The molecular weight excluding hydrogens is 548 g/mol. The van der Waals surface area contributed by atoms with Gasteiger partial charge in [0.2, 0.25) is 0 Å². The highest BCUT2D eigenvalue weighted by molar-refractivity contribution is 6.34. The second-order valence-corrected chi connectivity index (χ2v) is 11.7. The first kappa shape index (κ1) is 24.4. The Bertz CT molecular complexity index is 2810. The molecule has 0 bridgehead atoms. The van der Waals surface area contributed by atoms with Crippen LogP contribution in [0.1, 0.15) is 0 Å². The minimum atomic E-state index is 0.690. The lowest BCUT2D eigenvalue weighted by Gasteiger charge is -2.13. The first-order valence-electron chi connectivity index (χ1n) is 15.3. The van der Waals surface area contributed by atoms with Gasteiger partial charge in [-0.1, -0.05) is 127 Å². The largest absolute Gasteiger partial charge is 0.455 e. The highest BCUT2D eigenvalue weighted by Gasteiger charge is 2.23. The molecule has 0 fully saturated rings. The molecule has 0 unspecified atom stereocenters. The van der Waals surface area contributed by atoms with Gasteiger partial charge in [0.05, 0.1) is 5.52 Å². The minimum Gasteiger partial charge on any atom is -0.455 e. The molecule has 10 aromatic rings. The molecule has 0 saturated carbocycles. The standard InChI is InChI=1S/C42H24N2O/c1-2-11-25(12-3-1)28-19-10-20-33-39-35(42-43-24-36-27-14-5-4-13-26(27)21-22-37(36)44-42)23-34-31-17-7-6-15-29(31)30-16-8-9-18-32(30)38(34)41(39)45-40(28)33/h1-24H. The van der Waals surface area contributed by atoms with Gasteiger partial charge < -0.3 is 4.42 Å². The fourth-order valence-corrected chi connectivity index (χ4v) is 7.28. The van der Waals surface area contributed by atoms with E-state index in [4.69, 9.17) is 14.4 Å². The third-order valence-electron chi connectivity index (χ3n) is 9.29. The molecular formula is C42H24N2O. The van der Waals surface area contributed by atoms with Gasteiger partial charge in [-0.05, 0) is 55.4 Å². The maximum absolute atomic E-state index is 7.06. The van der Waals surface area contributed by atoms with Gasteiger partial charge in [-0.2, -0.15) is 0 Å². The lowest BCUT2D eigenvalue weighted by Crippen LogP contribution is -1.93. The third-order valence-corrected chi connectivity index (χ3v) is 9.29. The first-order chi connectivity index (χ1) is 22.3. The predicted octanol–water partition coefficient (Wildman–Crippen LogP) is 11.5. The second-order valence-electron chi connectivity index (χ2n) is 11.7. The van der Waals surface area contributed by atoms with Crippen LogP contribution in [0.4, 0.5) is 0 Å². The highest BCUT2D eigenvalue weighted by atomic mass is 16.3. The second kappa shape index (κ2) is 9.22. The molecule has 2 heterocycles. The molecule has 3 heteroatoms. The van der Waals surface area contributed by atoms with Gasteiger partial charge in [-0.25, -0.2) is 9.97 Å². The molecule has 0 spiro atoms. The van der Waals surface area contributed by atoms with Gasteiger partial charge in [-0.15, -0.1) is 0 Å². The maximum atomic E-state index is 7.06. The van der Waals surface area contributed by atoms with Gasteiger partial charge >= 0.3 is 0 Å². The molecule has 0 atom stereocenters. The zero-order valence-electron chi connectivity index (χ0n) is 24.2. The summed E-state index contributed by atoms with van der Waals surface area (Å²) in [5.74, 6) is 0.690. The zero-order chi connectivity index (χ0) is 29.5. The molecule has 0 aliphatic rings. The molecule has 0 radical (unpaired) electrons. The molecule has 0 aliphatic carbocycles. The lowest BCUT2D eigenvalue weighted by atomic mass is 9.90. The summed E-state index contributed by atoms with van der Waals surface area (Å²) in [5, 5.41) is 12.5. The molecule has 0 N–H and O–H groups in total. The number of aromatic nitrogens is 2. The normalized spacial score (nSPS) is 12.0. The third kappa shape index (κ3) is 3.46. The summed E-state index contributed by atoms with van der Waals surface area (Å²) in [6.45, 7) is 0. The van der Waals surface area contributed by atoms with Crippen molar-refractivity contribution in [3.05, 3.63) is 146 Å². The molecule has 0 aliphatic heterocycles. The summed E-state index contributed by atoms with van der Waals surface area (Å²) < 4.78 is 7.06. The van der Waals surface area contributed by atoms with Crippen LogP contribution in [0.15, 0.2) is 150 Å². The number of nitrogens with zero attached hydrogens (tertiary/aromatic N) is 2. The molecule has 2 aromatic heterocycles. The van der Waals surface area contributed by atoms with Crippen LogP contribution in [0.5, 0.6) is 0 Å². The van der Waals surface area contributed by atoms with Crippen molar-refractivity contribution in [2.45, 2.75) is 0 Å². The summed E-state index contributed by atoms with van der Waals surface area (Å²) in [4.78, 5) is 10.2. The topological polar surface area (TPSA) is 38.9 Å². The Morgan fingerprint density at radius 2 is 1.09 bits per heavy atom.